The summed E-state index contributed by atoms with van der Waals surface area (Å²) in [4.78, 5) is 35.1. The first-order valence-corrected chi connectivity index (χ1v) is 9.13. The van der Waals surface area contributed by atoms with Gasteiger partial charge in [-0.1, -0.05) is 6.92 Å². The maximum Gasteiger partial charge on any atom is 0.417 e. The Morgan fingerprint density at radius 3 is 2.43 bits per heavy atom. The number of carboxylic acid groups (broad SMARTS) is 1. The van der Waals surface area contributed by atoms with Crippen LogP contribution in [0, 0.1) is 11.3 Å². The normalized spacial score (nSPS) is 17.8. The third kappa shape index (κ3) is 4.88. The van der Waals surface area contributed by atoms with Gasteiger partial charge in [0.25, 0.3) is 5.91 Å². The van der Waals surface area contributed by atoms with Crippen molar-refractivity contribution < 1.29 is 37.4 Å². The second-order valence-electron chi connectivity index (χ2n) is 6.75. The van der Waals surface area contributed by atoms with Crippen molar-refractivity contribution in [3.8, 4) is 6.07 Å². The number of ether oxygens (including phenoxy) is 1. The molecule has 1 spiro atoms. The number of nitriles is 1. The van der Waals surface area contributed by atoms with Crippen LogP contribution in [-0.4, -0.2) is 41.8 Å². The number of carbonyl (C=O) groups excluding carboxylic acids is 2. The number of hydrogen-bond acceptors (Lipinski definition) is 5. The molecule has 0 aromatic heterocycles. The van der Waals surface area contributed by atoms with E-state index in [-0.39, 0.29) is 31.7 Å². The largest absolute Gasteiger partial charge is 0.481 e. The molecule has 2 fully saturated rings. The summed E-state index contributed by atoms with van der Waals surface area (Å²) in [6, 6.07) is 3.44. The first-order chi connectivity index (χ1) is 14.1. The number of rotatable bonds is 3. The van der Waals surface area contributed by atoms with Gasteiger partial charge in [0.15, 0.2) is 0 Å². The Hall–Kier alpha value is -3.13. The second-order valence-corrected chi connectivity index (χ2v) is 6.75. The molecule has 2 aliphatic heterocycles. The van der Waals surface area contributed by atoms with Gasteiger partial charge in [-0.05, 0) is 24.6 Å². The predicted molar refractivity (Wildman–Crippen MR) is 97.5 cm³/mol. The van der Waals surface area contributed by atoms with Crippen LogP contribution in [-0.2, 0) is 20.5 Å². The quantitative estimate of drug-likeness (QED) is 0.716. The lowest BCUT2D eigenvalue weighted by Gasteiger charge is -2.30. The zero-order valence-electron chi connectivity index (χ0n) is 16.1. The molecular formula is C19H20F3N3O5. The van der Waals surface area contributed by atoms with E-state index in [1.807, 2.05) is 6.92 Å². The van der Waals surface area contributed by atoms with Gasteiger partial charge in [0.1, 0.15) is 5.54 Å². The molecule has 0 unspecified atom stereocenters. The van der Waals surface area contributed by atoms with Crippen molar-refractivity contribution in [1.82, 2.24) is 5.32 Å². The number of aliphatic carboxylic acids is 1. The molecule has 8 nitrogen and oxygen atoms in total. The molecule has 1 aromatic rings. The SMILES string of the molecule is CCCC(=O)O.N#Cc1ccc(N2C(=O)NC3(CCOCC3)C2=O)cc1C(F)(F)F. The first-order valence-electron chi connectivity index (χ1n) is 9.13. The maximum absolute atomic E-state index is 13.1. The number of carboxylic acids is 1. The van der Waals surface area contributed by atoms with Gasteiger partial charge in [-0.15, -0.1) is 0 Å². The van der Waals surface area contributed by atoms with Crippen molar-refractivity contribution in [3.63, 3.8) is 0 Å². The number of carbonyl (C=O) groups is 3. The number of urea groups is 1. The summed E-state index contributed by atoms with van der Waals surface area (Å²) in [5.41, 5.74) is -3.11. The standard InChI is InChI=1S/C15H12F3N3O3.C4H8O2/c16-15(17,18)11-7-10(2-1-9(11)8-19)21-12(22)14(20-13(21)23)3-5-24-6-4-14;1-2-3-4(5)6/h1-2,7H,3-6H2,(H,20,23);2-3H2,1H3,(H,5,6). The molecule has 0 bridgehead atoms. The molecule has 2 heterocycles. The molecule has 0 aliphatic carbocycles. The first kappa shape index (κ1) is 23.2. The fourth-order valence-corrected chi connectivity index (χ4v) is 3.13. The van der Waals surface area contributed by atoms with Crippen molar-refractivity contribution in [1.29, 1.82) is 5.26 Å². The van der Waals surface area contributed by atoms with E-state index in [2.05, 4.69) is 5.32 Å². The Kier molecular flexibility index (Phi) is 7.04. The van der Waals surface area contributed by atoms with Crippen LogP contribution in [0.2, 0.25) is 0 Å². The van der Waals surface area contributed by atoms with Gasteiger partial charge >= 0.3 is 18.2 Å². The Labute approximate surface area is 170 Å². The summed E-state index contributed by atoms with van der Waals surface area (Å²) in [5, 5.41) is 19.3. The summed E-state index contributed by atoms with van der Waals surface area (Å²) < 4.78 is 44.4. The number of benzene rings is 1. The lowest BCUT2D eigenvalue weighted by atomic mass is 9.90. The van der Waals surface area contributed by atoms with E-state index in [4.69, 9.17) is 15.1 Å². The van der Waals surface area contributed by atoms with Crippen molar-refractivity contribution >= 4 is 23.6 Å². The number of imide groups is 1. The zero-order chi connectivity index (χ0) is 22.5. The van der Waals surface area contributed by atoms with Gasteiger partial charge in [0, 0.05) is 32.5 Å². The number of hydrogen-bond donors (Lipinski definition) is 2. The number of anilines is 1. The van der Waals surface area contributed by atoms with E-state index in [0.717, 1.165) is 18.6 Å². The zero-order valence-corrected chi connectivity index (χ0v) is 16.1. The average Bonchev–Trinajstić information content (AvgIpc) is 2.91. The number of amides is 3. The van der Waals surface area contributed by atoms with Gasteiger partial charge < -0.3 is 15.2 Å². The Morgan fingerprint density at radius 1 is 1.33 bits per heavy atom. The molecule has 0 atom stereocenters. The molecule has 0 saturated carbocycles. The average molecular weight is 427 g/mol. The van der Waals surface area contributed by atoms with Crippen molar-refractivity contribution in [2.24, 2.45) is 0 Å². The Morgan fingerprint density at radius 2 is 1.97 bits per heavy atom. The van der Waals surface area contributed by atoms with Gasteiger partial charge in [0.2, 0.25) is 0 Å². The van der Waals surface area contributed by atoms with Gasteiger partial charge in [-0.3, -0.25) is 9.59 Å². The van der Waals surface area contributed by atoms with Crippen molar-refractivity contribution in [2.75, 3.05) is 18.1 Å². The number of nitrogens with zero attached hydrogens (tertiary/aromatic N) is 2. The summed E-state index contributed by atoms with van der Waals surface area (Å²) in [7, 11) is 0. The van der Waals surface area contributed by atoms with Crippen LogP contribution in [0.5, 0.6) is 0 Å². The molecule has 11 heteroatoms. The highest BCUT2D eigenvalue weighted by Crippen LogP contribution is 2.37. The summed E-state index contributed by atoms with van der Waals surface area (Å²) in [6.45, 7) is 2.40. The fraction of sp³-hybridized carbons (Fsp3) is 0.474. The molecule has 3 amide bonds. The van der Waals surface area contributed by atoms with Gasteiger partial charge in [-0.25, -0.2) is 9.69 Å². The third-order valence-electron chi connectivity index (χ3n) is 4.66. The highest BCUT2D eigenvalue weighted by Gasteiger charge is 2.52. The van der Waals surface area contributed by atoms with Crippen LogP contribution >= 0.6 is 0 Å². The molecule has 162 valence electrons. The number of nitrogens with one attached hydrogen (secondary N) is 1. The second kappa shape index (κ2) is 9.13. The lowest BCUT2D eigenvalue weighted by molar-refractivity contribution is -0.138. The van der Waals surface area contributed by atoms with E-state index < -0.39 is 40.7 Å². The molecule has 3 rings (SSSR count). The number of halogens is 3. The summed E-state index contributed by atoms with van der Waals surface area (Å²) in [6.07, 6.45) is -3.22. The van der Waals surface area contributed by atoms with E-state index in [1.165, 1.54) is 6.07 Å². The van der Waals surface area contributed by atoms with E-state index in [9.17, 15) is 27.6 Å². The maximum atomic E-state index is 13.1. The molecule has 2 aliphatic rings. The highest BCUT2D eigenvalue weighted by molar-refractivity contribution is 6.23. The predicted octanol–water partition coefficient (Wildman–Crippen LogP) is 3.05. The lowest BCUT2D eigenvalue weighted by Crippen LogP contribution is -2.51. The summed E-state index contributed by atoms with van der Waals surface area (Å²) >= 11 is 0. The Bertz CT molecular complexity index is 873. The summed E-state index contributed by atoms with van der Waals surface area (Å²) in [5.74, 6) is -1.31. The van der Waals surface area contributed by atoms with Gasteiger partial charge in [0.05, 0.1) is 22.9 Å². The third-order valence-corrected chi connectivity index (χ3v) is 4.66. The van der Waals surface area contributed by atoms with Gasteiger partial charge in [-0.2, -0.15) is 18.4 Å². The van der Waals surface area contributed by atoms with Crippen LogP contribution < -0.4 is 10.2 Å². The minimum atomic E-state index is -4.77. The molecule has 30 heavy (non-hydrogen) atoms. The number of alkyl halides is 3. The van der Waals surface area contributed by atoms with E-state index in [0.29, 0.717) is 17.4 Å². The van der Waals surface area contributed by atoms with Crippen LogP contribution in [0.4, 0.5) is 23.7 Å². The monoisotopic (exact) mass is 427 g/mol. The molecular weight excluding hydrogens is 407 g/mol. The van der Waals surface area contributed by atoms with E-state index in [1.54, 1.807) is 0 Å². The minimum absolute atomic E-state index is 0.216. The molecule has 1 aromatic carbocycles. The van der Waals surface area contributed by atoms with Crippen LogP contribution in [0.25, 0.3) is 0 Å². The van der Waals surface area contributed by atoms with E-state index >= 15 is 0 Å². The fourth-order valence-electron chi connectivity index (χ4n) is 3.13. The minimum Gasteiger partial charge on any atom is -0.481 e. The van der Waals surface area contributed by atoms with Crippen molar-refractivity contribution in [2.45, 2.75) is 44.3 Å². The molecule has 0 radical (unpaired) electrons. The molecule has 2 saturated heterocycles. The Balaban J connectivity index is 0.000000469. The smallest absolute Gasteiger partial charge is 0.417 e. The molecule has 2 N–H and O–H groups in total. The van der Waals surface area contributed by atoms with Crippen LogP contribution in [0.1, 0.15) is 43.7 Å². The van der Waals surface area contributed by atoms with Crippen molar-refractivity contribution in [3.05, 3.63) is 29.3 Å². The highest BCUT2D eigenvalue weighted by atomic mass is 19.4. The van der Waals surface area contributed by atoms with Crippen LogP contribution in [0.3, 0.4) is 0 Å². The van der Waals surface area contributed by atoms with Crippen LogP contribution in [0.15, 0.2) is 18.2 Å². The topological polar surface area (TPSA) is 120 Å².